The number of fused-ring (bicyclic) bond motifs is 1. The van der Waals surface area contributed by atoms with Crippen LogP contribution in [0, 0.1) is 0 Å². The molecule has 2 rings (SSSR count). The number of nitrogens with one attached hydrogen (secondary N) is 1. The Morgan fingerprint density at radius 2 is 2.24 bits per heavy atom. The summed E-state index contributed by atoms with van der Waals surface area (Å²) >= 11 is 0. The minimum atomic E-state index is -0.124. The fourth-order valence-corrected chi connectivity index (χ4v) is 1.67. The Balaban J connectivity index is 2.63. The monoisotopic (exact) mass is 234 g/mol. The van der Waals surface area contributed by atoms with Gasteiger partial charge in [-0.1, -0.05) is 12.1 Å². The molecule has 0 fully saturated rings. The number of rotatable bonds is 4. The molecule has 1 aromatic heterocycles. The first-order chi connectivity index (χ1) is 8.27. The van der Waals surface area contributed by atoms with E-state index >= 15 is 0 Å². The third kappa shape index (κ3) is 2.13. The van der Waals surface area contributed by atoms with Gasteiger partial charge in [0, 0.05) is 7.11 Å². The van der Waals surface area contributed by atoms with Gasteiger partial charge in [0.05, 0.1) is 24.1 Å². The minimum absolute atomic E-state index is 0.124. The van der Waals surface area contributed by atoms with Gasteiger partial charge in [-0.05, 0) is 12.1 Å². The Morgan fingerprint density at radius 1 is 1.47 bits per heavy atom. The maximum absolute atomic E-state index is 12.2. The number of nitrogens with zero attached hydrogens (tertiary/aromatic N) is 2. The molecule has 0 aliphatic rings. The molecule has 0 amide bonds. The van der Waals surface area contributed by atoms with E-state index in [-0.39, 0.29) is 5.56 Å². The number of anilines is 1. The molecule has 0 aliphatic carbocycles. The first-order valence-corrected chi connectivity index (χ1v) is 5.23. The maximum Gasteiger partial charge on any atom is 0.262 e. The molecule has 1 heterocycles. The van der Waals surface area contributed by atoms with Crippen LogP contribution in [0.1, 0.15) is 0 Å². The van der Waals surface area contributed by atoms with Crippen molar-refractivity contribution < 1.29 is 4.74 Å². The Hall–Kier alpha value is -1.92. The van der Waals surface area contributed by atoms with Gasteiger partial charge in [0.15, 0.2) is 0 Å². The largest absolute Gasteiger partial charge is 0.383 e. The van der Waals surface area contributed by atoms with E-state index < -0.39 is 0 Å². The number of para-hydroxylation sites is 1. The zero-order valence-electron chi connectivity index (χ0n) is 9.51. The standard InChI is InChI=1S/C11H14N4O2/c1-17-7-6-15-10(16)8-4-2-3-5-9(8)13-11(15)14-12/h2-5H,6-7,12H2,1H3,(H,13,14). The molecule has 90 valence electrons. The van der Waals surface area contributed by atoms with Crippen molar-refractivity contribution in [2.24, 2.45) is 5.84 Å². The second-order valence-corrected chi connectivity index (χ2v) is 3.55. The summed E-state index contributed by atoms with van der Waals surface area (Å²) in [5.41, 5.74) is 2.93. The van der Waals surface area contributed by atoms with Crippen molar-refractivity contribution in [3.8, 4) is 0 Å². The number of ether oxygens (including phenoxy) is 1. The molecule has 0 radical (unpaired) electrons. The molecular weight excluding hydrogens is 220 g/mol. The maximum atomic E-state index is 12.2. The highest BCUT2D eigenvalue weighted by Crippen LogP contribution is 2.09. The highest BCUT2D eigenvalue weighted by Gasteiger charge is 2.09. The Morgan fingerprint density at radius 3 is 2.94 bits per heavy atom. The first-order valence-electron chi connectivity index (χ1n) is 5.23. The van der Waals surface area contributed by atoms with Gasteiger partial charge in [-0.25, -0.2) is 10.8 Å². The first kappa shape index (κ1) is 11.6. The van der Waals surface area contributed by atoms with Crippen molar-refractivity contribution in [1.29, 1.82) is 0 Å². The molecule has 0 spiro atoms. The third-order valence-corrected chi connectivity index (χ3v) is 2.51. The summed E-state index contributed by atoms with van der Waals surface area (Å²) in [6.07, 6.45) is 0. The van der Waals surface area contributed by atoms with Gasteiger partial charge in [-0.15, -0.1) is 0 Å². The van der Waals surface area contributed by atoms with E-state index in [9.17, 15) is 4.79 Å². The van der Waals surface area contributed by atoms with Crippen molar-refractivity contribution >= 4 is 16.9 Å². The van der Waals surface area contributed by atoms with E-state index in [0.29, 0.717) is 30.0 Å². The molecule has 6 nitrogen and oxygen atoms in total. The predicted molar refractivity (Wildman–Crippen MR) is 65.7 cm³/mol. The highest BCUT2D eigenvalue weighted by atomic mass is 16.5. The van der Waals surface area contributed by atoms with E-state index in [1.165, 1.54) is 4.57 Å². The summed E-state index contributed by atoms with van der Waals surface area (Å²) < 4.78 is 6.42. The van der Waals surface area contributed by atoms with Crippen LogP contribution in [0.2, 0.25) is 0 Å². The van der Waals surface area contributed by atoms with Crippen LogP contribution in [0.4, 0.5) is 5.95 Å². The van der Waals surface area contributed by atoms with Crippen LogP contribution in [0.5, 0.6) is 0 Å². The lowest BCUT2D eigenvalue weighted by molar-refractivity contribution is 0.186. The summed E-state index contributed by atoms with van der Waals surface area (Å²) in [5.74, 6) is 5.71. The Bertz CT molecular complexity index is 579. The van der Waals surface area contributed by atoms with E-state index in [4.69, 9.17) is 10.6 Å². The molecule has 6 heteroatoms. The summed E-state index contributed by atoms with van der Waals surface area (Å²) in [7, 11) is 1.58. The molecule has 0 saturated heterocycles. The van der Waals surface area contributed by atoms with Gasteiger partial charge in [-0.2, -0.15) is 0 Å². The van der Waals surface area contributed by atoms with Gasteiger partial charge >= 0.3 is 0 Å². The lowest BCUT2D eigenvalue weighted by Crippen LogP contribution is -2.28. The molecule has 0 unspecified atom stereocenters. The van der Waals surface area contributed by atoms with E-state index in [1.54, 1.807) is 19.2 Å². The average molecular weight is 234 g/mol. The lowest BCUT2D eigenvalue weighted by atomic mass is 10.2. The van der Waals surface area contributed by atoms with Crippen LogP contribution in [-0.2, 0) is 11.3 Å². The van der Waals surface area contributed by atoms with Gasteiger partial charge in [0.2, 0.25) is 5.95 Å². The minimum Gasteiger partial charge on any atom is -0.383 e. The number of hydrogen-bond donors (Lipinski definition) is 2. The van der Waals surface area contributed by atoms with E-state index in [0.717, 1.165) is 0 Å². The molecule has 17 heavy (non-hydrogen) atoms. The number of hydrogen-bond acceptors (Lipinski definition) is 5. The highest BCUT2D eigenvalue weighted by molar-refractivity contribution is 5.78. The smallest absolute Gasteiger partial charge is 0.262 e. The van der Waals surface area contributed by atoms with Crippen LogP contribution >= 0.6 is 0 Å². The van der Waals surface area contributed by atoms with Crippen molar-refractivity contribution in [2.75, 3.05) is 19.1 Å². The third-order valence-electron chi connectivity index (χ3n) is 2.51. The fourth-order valence-electron chi connectivity index (χ4n) is 1.67. The molecule has 3 N–H and O–H groups in total. The van der Waals surface area contributed by atoms with Crippen LogP contribution in [0.3, 0.4) is 0 Å². The summed E-state index contributed by atoms with van der Waals surface area (Å²) in [4.78, 5) is 16.5. The second kappa shape index (κ2) is 4.94. The number of hydrazine groups is 1. The number of aromatic nitrogens is 2. The summed E-state index contributed by atoms with van der Waals surface area (Å²) in [6, 6.07) is 7.16. The molecule has 0 atom stereocenters. The number of nitrogen functional groups attached to an aromatic ring is 1. The fraction of sp³-hybridized carbons (Fsp3) is 0.273. The Labute approximate surface area is 98.0 Å². The zero-order valence-corrected chi connectivity index (χ0v) is 9.51. The molecule has 0 saturated carbocycles. The molecule has 1 aromatic carbocycles. The summed E-state index contributed by atoms with van der Waals surface area (Å²) in [5, 5.41) is 0.572. The van der Waals surface area contributed by atoms with E-state index in [1.807, 2.05) is 12.1 Å². The van der Waals surface area contributed by atoms with Crippen molar-refractivity contribution in [2.45, 2.75) is 6.54 Å². The van der Waals surface area contributed by atoms with Crippen molar-refractivity contribution in [3.05, 3.63) is 34.6 Å². The quantitative estimate of drug-likeness (QED) is 0.588. The lowest BCUT2D eigenvalue weighted by Gasteiger charge is -2.11. The van der Waals surface area contributed by atoms with Crippen LogP contribution in [0.15, 0.2) is 29.1 Å². The van der Waals surface area contributed by atoms with Crippen molar-refractivity contribution in [3.63, 3.8) is 0 Å². The summed E-state index contributed by atoms with van der Waals surface area (Å²) in [6.45, 7) is 0.835. The van der Waals surface area contributed by atoms with Crippen LogP contribution < -0.4 is 16.8 Å². The van der Waals surface area contributed by atoms with Gasteiger partial charge in [-0.3, -0.25) is 14.8 Å². The zero-order chi connectivity index (χ0) is 12.3. The molecule has 2 aromatic rings. The SMILES string of the molecule is COCCn1c(NN)nc2ccccc2c1=O. The van der Waals surface area contributed by atoms with Gasteiger partial charge in [0.25, 0.3) is 5.56 Å². The van der Waals surface area contributed by atoms with E-state index in [2.05, 4.69) is 10.4 Å². The average Bonchev–Trinajstić information content (AvgIpc) is 2.37. The van der Waals surface area contributed by atoms with Gasteiger partial charge in [0.1, 0.15) is 0 Å². The van der Waals surface area contributed by atoms with Gasteiger partial charge < -0.3 is 4.74 Å². The van der Waals surface area contributed by atoms with Crippen molar-refractivity contribution in [1.82, 2.24) is 9.55 Å². The molecule has 0 bridgehead atoms. The number of nitrogens with two attached hydrogens (primary N) is 1. The number of methoxy groups -OCH3 is 1. The predicted octanol–water partition coefficient (Wildman–Crippen LogP) is 0.328. The number of benzene rings is 1. The Kier molecular flexibility index (Phi) is 3.36. The second-order valence-electron chi connectivity index (χ2n) is 3.55. The normalized spacial score (nSPS) is 10.7. The van der Waals surface area contributed by atoms with Crippen LogP contribution in [0.25, 0.3) is 10.9 Å². The topological polar surface area (TPSA) is 82.2 Å². The van der Waals surface area contributed by atoms with Crippen LogP contribution in [-0.4, -0.2) is 23.3 Å². The molecule has 0 aliphatic heterocycles. The molecular formula is C11H14N4O2.